The fraction of sp³-hybridized carbons (Fsp3) is 0.111. The third kappa shape index (κ3) is 1.38. The predicted molar refractivity (Wildman–Crippen MR) is 41.0 cm³/mol. The van der Waals surface area contributed by atoms with Crippen LogP contribution in [0.15, 0.2) is 30.8 Å². The van der Waals surface area contributed by atoms with Crippen molar-refractivity contribution in [1.29, 1.82) is 0 Å². The van der Waals surface area contributed by atoms with E-state index < -0.39 is 0 Å². The van der Waals surface area contributed by atoms with Crippen molar-refractivity contribution in [3.63, 3.8) is 0 Å². The molecule has 0 bridgehead atoms. The third-order valence-electron chi connectivity index (χ3n) is 1.29. The van der Waals surface area contributed by atoms with Gasteiger partial charge >= 0.3 is 0 Å². The van der Waals surface area contributed by atoms with Crippen molar-refractivity contribution in [1.82, 2.24) is 0 Å². The SMILES string of the molecule is C=[C]c1ccc(OC)cc1. The van der Waals surface area contributed by atoms with Gasteiger partial charge in [0.1, 0.15) is 5.75 Å². The highest BCUT2D eigenvalue weighted by atomic mass is 16.5. The van der Waals surface area contributed by atoms with Crippen LogP contribution in [0.4, 0.5) is 0 Å². The maximum Gasteiger partial charge on any atom is 0.118 e. The molecule has 0 N–H and O–H groups in total. The minimum absolute atomic E-state index is 0.860. The maximum absolute atomic E-state index is 4.97. The second-order valence-electron chi connectivity index (χ2n) is 1.91. The van der Waals surface area contributed by atoms with Crippen LogP contribution in [0.5, 0.6) is 5.75 Å². The van der Waals surface area contributed by atoms with E-state index >= 15 is 0 Å². The third-order valence-corrected chi connectivity index (χ3v) is 1.29. The van der Waals surface area contributed by atoms with Gasteiger partial charge in [0, 0.05) is 0 Å². The van der Waals surface area contributed by atoms with Gasteiger partial charge in [-0.05, 0) is 23.8 Å². The summed E-state index contributed by atoms with van der Waals surface area (Å²) < 4.78 is 4.97. The van der Waals surface area contributed by atoms with Gasteiger partial charge in [0.05, 0.1) is 7.11 Å². The van der Waals surface area contributed by atoms with E-state index in [-0.39, 0.29) is 0 Å². The molecule has 0 aliphatic carbocycles. The molecule has 0 aliphatic heterocycles. The molecule has 1 heteroatoms. The lowest BCUT2D eigenvalue weighted by atomic mass is 10.2. The zero-order valence-electron chi connectivity index (χ0n) is 5.92. The number of ether oxygens (including phenoxy) is 1. The first-order valence-electron chi connectivity index (χ1n) is 3.04. The second-order valence-corrected chi connectivity index (χ2v) is 1.91. The van der Waals surface area contributed by atoms with Crippen LogP contribution >= 0.6 is 0 Å². The number of hydrogen-bond donors (Lipinski definition) is 0. The van der Waals surface area contributed by atoms with Crippen LogP contribution in [0.2, 0.25) is 0 Å². The molecule has 0 heterocycles. The van der Waals surface area contributed by atoms with Crippen LogP contribution in [-0.4, -0.2) is 7.11 Å². The molecule has 0 fully saturated rings. The van der Waals surface area contributed by atoms with E-state index in [1.54, 1.807) is 7.11 Å². The highest BCUT2D eigenvalue weighted by Gasteiger charge is 1.87. The summed E-state index contributed by atoms with van der Waals surface area (Å²) in [7, 11) is 1.65. The Morgan fingerprint density at radius 1 is 1.30 bits per heavy atom. The molecule has 0 amide bonds. The molecule has 0 saturated carbocycles. The molecule has 51 valence electrons. The van der Waals surface area contributed by atoms with E-state index in [2.05, 4.69) is 12.7 Å². The molecule has 1 radical (unpaired) electrons. The molecule has 1 nitrogen and oxygen atoms in total. The Morgan fingerprint density at radius 2 is 1.90 bits per heavy atom. The molecule has 1 rings (SSSR count). The fourth-order valence-corrected chi connectivity index (χ4v) is 0.709. The largest absolute Gasteiger partial charge is 0.497 e. The van der Waals surface area contributed by atoms with Gasteiger partial charge < -0.3 is 4.74 Å². The summed E-state index contributed by atoms with van der Waals surface area (Å²) in [5, 5.41) is 0. The normalized spacial score (nSPS) is 8.90. The summed E-state index contributed by atoms with van der Waals surface area (Å²) in [6.07, 6.45) is 2.77. The first-order valence-corrected chi connectivity index (χ1v) is 3.04. The van der Waals surface area contributed by atoms with Gasteiger partial charge in [-0.25, -0.2) is 0 Å². The van der Waals surface area contributed by atoms with Crippen LogP contribution in [0.3, 0.4) is 0 Å². The van der Waals surface area contributed by atoms with Crippen molar-refractivity contribution in [2.45, 2.75) is 0 Å². The summed E-state index contributed by atoms with van der Waals surface area (Å²) >= 11 is 0. The van der Waals surface area contributed by atoms with E-state index in [1.807, 2.05) is 24.3 Å². The van der Waals surface area contributed by atoms with E-state index in [1.165, 1.54) is 0 Å². The zero-order chi connectivity index (χ0) is 7.40. The van der Waals surface area contributed by atoms with E-state index in [9.17, 15) is 0 Å². The fourth-order valence-electron chi connectivity index (χ4n) is 0.709. The number of rotatable bonds is 2. The number of hydrogen-bond acceptors (Lipinski definition) is 1. The molecule has 0 aromatic heterocycles. The van der Waals surface area contributed by atoms with Crippen molar-refractivity contribution in [2.24, 2.45) is 0 Å². The van der Waals surface area contributed by atoms with Crippen molar-refractivity contribution in [3.05, 3.63) is 42.5 Å². The number of methoxy groups -OCH3 is 1. The molecule has 0 aliphatic rings. The standard InChI is InChI=1S/C9H9O/c1-3-8-4-6-9(10-2)7-5-8/h4-7H,1H2,2H3. The Morgan fingerprint density at radius 3 is 2.30 bits per heavy atom. The van der Waals surface area contributed by atoms with Crippen LogP contribution in [-0.2, 0) is 0 Å². The molecule has 0 saturated heterocycles. The van der Waals surface area contributed by atoms with Crippen LogP contribution in [0.1, 0.15) is 5.56 Å². The van der Waals surface area contributed by atoms with Gasteiger partial charge in [-0.1, -0.05) is 18.7 Å². The Kier molecular flexibility index (Phi) is 2.11. The first kappa shape index (κ1) is 6.87. The summed E-state index contributed by atoms with van der Waals surface area (Å²) in [4.78, 5) is 0. The maximum atomic E-state index is 4.97. The first-order chi connectivity index (χ1) is 4.86. The average Bonchev–Trinajstić information content (AvgIpc) is 2.05. The molecule has 10 heavy (non-hydrogen) atoms. The lowest BCUT2D eigenvalue weighted by Crippen LogP contribution is -1.81. The predicted octanol–water partition coefficient (Wildman–Crippen LogP) is 2.03. The Bertz CT molecular complexity index is 211. The van der Waals surface area contributed by atoms with Gasteiger partial charge in [-0.2, -0.15) is 0 Å². The molecule has 1 aromatic rings. The lowest BCUT2D eigenvalue weighted by Gasteiger charge is -1.97. The topological polar surface area (TPSA) is 9.23 Å². The van der Waals surface area contributed by atoms with Crippen LogP contribution in [0, 0.1) is 6.08 Å². The second kappa shape index (κ2) is 3.06. The summed E-state index contributed by atoms with van der Waals surface area (Å²) in [5.41, 5.74) is 0.987. The van der Waals surface area contributed by atoms with E-state index in [0.29, 0.717) is 0 Å². The highest BCUT2D eigenvalue weighted by Crippen LogP contribution is 2.10. The van der Waals surface area contributed by atoms with Crippen LogP contribution in [0.25, 0.3) is 0 Å². The van der Waals surface area contributed by atoms with Gasteiger partial charge in [0.15, 0.2) is 0 Å². The Hall–Kier alpha value is -1.24. The molecule has 0 atom stereocenters. The number of benzene rings is 1. The molecular formula is C9H9O. The molecule has 0 unspecified atom stereocenters. The lowest BCUT2D eigenvalue weighted by molar-refractivity contribution is 0.415. The van der Waals surface area contributed by atoms with Crippen molar-refractivity contribution < 1.29 is 4.74 Å². The Balaban J connectivity index is 2.90. The minimum atomic E-state index is 0.860. The Labute approximate surface area is 61.0 Å². The zero-order valence-corrected chi connectivity index (χ0v) is 5.92. The minimum Gasteiger partial charge on any atom is -0.497 e. The smallest absolute Gasteiger partial charge is 0.118 e. The van der Waals surface area contributed by atoms with E-state index in [0.717, 1.165) is 11.3 Å². The monoisotopic (exact) mass is 133 g/mol. The molecule has 0 spiro atoms. The molecular weight excluding hydrogens is 124 g/mol. The molecule has 1 aromatic carbocycles. The van der Waals surface area contributed by atoms with E-state index in [4.69, 9.17) is 4.74 Å². The quantitative estimate of drug-likeness (QED) is 0.599. The summed E-state index contributed by atoms with van der Waals surface area (Å²) in [6.45, 7) is 3.52. The highest BCUT2D eigenvalue weighted by molar-refractivity contribution is 5.29. The van der Waals surface area contributed by atoms with Crippen molar-refractivity contribution >= 4 is 0 Å². The van der Waals surface area contributed by atoms with Crippen LogP contribution < -0.4 is 4.74 Å². The van der Waals surface area contributed by atoms with Gasteiger partial charge in [-0.3, -0.25) is 0 Å². The van der Waals surface area contributed by atoms with Gasteiger partial charge in [0.2, 0.25) is 0 Å². The summed E-state index contributed by atoms with van der Waals surface area (Å²) in [6, 6.07) is 7.58. The van der Waals surface area contributed by atoms with Crippen molar-refractivity contribution in [2.75, 3.05) is 7.11 Å². The van der Waals surface area contributed by atoms with Gasteiger partial charge in [-0.15, -0.1) is 0 Å². The summed E-state index contributed by atoms with van der Waals surface area (Å²) in [5.74, 6) is 0.860. The van der Waals surface area contributed by atoms with Crippen molar-refractivity contribution in [3.8, 4) is 5.75 Å². The van der Waals surface area contributed by atoms with Gasteiger partial charge in [0.25, 0.3) is 0 Å². The average molecular weight is 133 g/mol.